The lowest BCUT2D eigenvalue weighted by Crippen LogP contribution is -1.60. The standard InChI is InChI=1S/C8H7NOS2/c1-11-8-5-6(10-9-8)7-3-2-4-12-7/h2-5H,1H3. The van der Waals surface area contributed by atoms with Gasteiger partial charge in [0.2, 0.25) is 0 Å². The topological polar surface area (TPSA) is 26.0 Å². The molecule has 0 bridgehead atoms. The van der Waals surface area contributed by atoms with Crippen LogP contribution in [-0.4, -0.2) is 11.4 Å². The van der Waals surface area contributed by atoms with Gasteiger partial charge < -0.3 is 4.52 Å². The minimum atomic E-state index is 0.856. The molecule has 0 N–H and O–H groups in total. The SMILES string of the molecule is CSc1cc(-c2cccs2)on1. The van der Waals surface area contributed by atoms with Crippen LogP contribution in [0.25, 0.3) is 10.6 Å². The number of hydrogen-bond acceptors (Lipinski definition) is 4. The third kappa shape index (κ3) is 1.40. The van der Waals surface area contributed by atoms with E-state index in [4.69, 9.17) is 4.52 Å². The largest absolute Gasteiger partial charge is 0.354 e. The Hall–Kier alpha value is -0.740. The monoisotopic (exact) mass is 197 g/mol. The Morgan fingerprint density at radius 3 is 3.08 bits per heavy atom. The summed E-state index contributed by atoms with van der Waals surface area (Å²) in [5.41, 5.74) is 0. The number of thiophene rings is 1. The Morgan fingerprint density at radius 1 is 1.58 bits per heavy atom. The van der Waals surface area contributed by atoms with Gasteiger partial charge in [0.25, 0.3) is 0 Å². The van der Waals surface area contributed by atoms with Gasteiger partial charge in [-0.15, -0.1) is 23.1 Å². The zero-order chi connectivity index (χ0) is 8.39. The third-order valence-corrected chi connectivity index (χ3v) is 2.96. The van der Waals surface area contributed by atoms with Crippen molar-refractivity contribution >= 4 is 23.1 Å². The van der Waals surface area contributed by atoms with E-state index in [0.717, 1.165) is 15.7 Å². The van der Waals surface area contributed by atoms with E-state index in [1.807, 2.05) is 29.8 Å². The highest BCUT2D eigenvalue weighted by Gasteiger charge is 2.05. The van der Waals surface area contributed by atoms with Crippen LogP contribution in [0.4, 0.5) is 0 Å². The van der Waals surface area contributed by atoms with Crippen LogP contribution in [0.3, 0.4) is 0 Å². The van der Waals surface area contributed by atoms with Crippen molar-refractivity contribution in [2.24, 2.45) is 0 Å². The summed E-state index contributed by atoms with van der Waals surface area (Å²) in [6.45, 7) is 0. The molecule has 0 fully saturated rings. The molecule has 0 saturated heterocycles. The van der Waals surface area contributed by atoms with Gasteiger partial charge in [-0.3, -0.25) is 0 Å². The van der Waals surface area contributed by atoms with Crippen LogP contribution in [0.1, 0.15) is 0 Å². The van der Waals surface area contributed by atoms with Crippen molar-refractivity contribution in [2.75, 3.05) is 6.26 Å². The molecule has 0 radical (unpaired) electrons. The summed E-state index contributed by atoms with van der Waals surface area (Å²) < 4.78 is 5.14. The molecule has 12 heavy (non-hydrogen) atoms. The summed E-state index contributed by atoms with van der Waals surface area (Å²) in [6, 6.07) is 5.98. The molecule has 2 aromatic rings. The highest BCUT2D eigenvalue weighted by Crippen LogP contribution is 2.27. The minimum absolute atomic E-state index is 0.856. The average molecular weight is 197 g/mol. The summed E-state index contributed by atoms with van der Waals surface area (Å²) in [6.07, 6.45) is 1.98. The summed E-state index contributed by atoms with van der Waals surface area (Å²) in [5.74, 6) is 0.856. The number of aromatic nitrogens is 1. The molecule has 0 aromatic carbocycles. The first-order valence-corrected chi connectivity index (χ1v) is 5.55. The Labute approximate surface area is 78.6 Å². The van der Waals surface area contributed by atoms with E-state index in [1.54, 1.807) is 23.1 Å². The van der Waals surface area contributed by atoms with Crippen molar-refractivity contribution < 1.29 is 4.52 Å². The molecule has 0 saturated carbocycles. The van der Waals surface area contributed by atoms with Crippen LogP contribution < -0.4 is 0 Å². The second-order valence-electron chi connectivity index (χ2n) is 2.21. The van der Waals surface area contributed by atoms with E-state index in [2.05, 4.69) is 5.16 Å². The fourth-order valence-electron chi connectivity index (χ4n) is 0.890. The van der Waals surface area contributed by atoms with E-state index in [1.165, 1.54) is 0 Å². The van der Waals surface area contributed by atoms with Crippen LogP contribution >= 0.6 is 23.1 Å². The van der Waals surface area contributed by atoms with E-state index in [9.17, 15) is 0 Å². The summed E-state index contributed by atoms with van der Waals surface area (Å²) in [5, 5.41) is 6.84. The zero-order valence-electron chi connectivity index (χ0n) is 6.48. The van der Waals surface area contributed by atoms with Gasteiger partial charge in [-0.25, -0.2) is 0 Å². The number of thioether (sulfide) groups is 1. The zero-order valence-corrected chi connectivity index (χ0v) is 8.11. The van der Waals surface area contributed by atoms with Crippen LogP contribution in [0.2, 0.25) is 0 Å². The number of hydrogen-bond donors (Lipinski definition) is 0. The first-order valence-electron chi connectivity index (χ1n) is 3.45. The molecule has 0 aliphatic carbocycles. The maximum absolute atomic E-state index is 5.14. The summed E-state index contributed by atoms with van der Waals surface area (Å²) >= 11 is 3.24. The van der Waals surface area contributed by atoms with Crippen LogP contribution in [-0.2, 0) is 0 Å². The summed E-state index contributed by atoms with van der Waals surface area (Å²) in [4.78, 5) is 1.13. The molecule has 0 aliphatic heterocycles. The van der Waals surface area contributed by atoms with Gasteiger partial charge in [-0.1, -0.05) is 11.2 Å². The molecule has 0 atom stereocenters. The second-order valence-corrected chi connectivity index (χ2v) is 3.99. The lowest BCUT2D eigenvalue weighted by Gasteiger charge is -1.82. The smallest absolute Gasteiger partial charge is 0.177 e. The fraction of sp³-hybridized carbons (Fsp3) is 0.125. The molecule has 62 valence electrons. The molecule has 0 amide bonds. The Kier molecular flexibility index (Phi) is 2.19. The molecule has 0 aliphatic rings. The van der Waals surface area contributed by atoms with E-state index >= 15 is 0 Å². The average Bonchev–Trinajstić information content (AvgIpc) is 2.75. The normalized spacial score (nSPS) is 10.4. The molecule has 2 heterocycles. The van der Waals surface area contributed by atoms with Crippen molar-refractivity contribution in [3.63, 3.8) is 0 Å². The molecule has 0 spiro atoms. The fourth-order valence-corrected chi connectivity index (χ4v) is 1.90. The first-order chi connectivity index (χ1) is 5.90. The van der Waals surface area contributed by atoms with Gasteiger partial charge in [0, 0.05) is 6.07 Å². The molecule has 2 nitrogen and oxygen atoms in total. The maximum Gasteiger partial charge on any atom is 0.177 e. The minimum Gasteiger partial charge on any atom is -0.354 e. The van der Waals surface area contributed by atoms with Crippen molar-refractivity contribution in [3.05, 3.63) is 23.6 Å². The number of rotatable bonds is 2. The Balaban J connectivity index is 2.35. The van der Waals surface area contributed by atoms with Crippen molar-refractivity contribution in [2.45, 2.75) is 5.03 Å². The van der Waals surface area contributed by atoms with Crippen molar-refractivity contribution in [1.29, 1.82) is 0 Å². The van der Waals surface area contributed by atoms with Crippen LogP contribution in [0, 0.1) is 0 Å². The van der Waals surface area contributed by atoms with Crippen molar-refractivity contribution in [1.82, 2.24) is 5.16 Å². The van der Waals surface area contributed by atoms with Gasteiger partial charge in [0.1, 0.15) is 5.03 Å². The Morgan fingerprint density at radius 2 is 2.50 bits per heavy atom. The van der Waals surface area contributed by atoms with Crippen LogP contribution in [0.15, 0.2) is 33.1 Å². The first kappa shape index (κ1) is 7.89. The van der Waals surface area contributed by atoms with E-state index in [-0.39, 0.29) is 0 Å². The molecule has 2 aromatic heterocycles. The van der Waals surface area contributed by atoms with E-state index < -0.39 is 0 Å². The predicted octanol–water partition coefficient (Wildman–Crippen LogP) is 3.13. The Bertz CT molecular complexity index is 353. The van der Waals surface area contributed by atoms with Gasteiger partial charge in [0.05, 0.1) is 4.88 Å². The number of nitrogens with zero attached hydrogens (tertiary/aromatic N) is 1. The lowest BCUT2D eigenvalue weighted by atomic mass is 10.4. The van der Waals surface area contributed by atoms with Crippen molar-refractivity contribution in [3.8, 4) is 10.6 Å². The molecular weight excluding hydrogens is 190 g/mol. The van der Waals surface area contributed by atoms with Crippen LogP contribution in [0.5, 0.6) is 0 Å². The van der Waals surface area contributed by atoms with Gasteiger partial charge in [-0.05, 0) is 17.7 Å². The molecule has 2 rings (SSSR count). The predicted molar refractivity (Wildman–Crippen MR) is 51.6 cm³/mol. The maximum atomic E-state index is 5.14. The highest BCUT2D eigenvalue weighted by molar-refractivity contribution is 7.98. The quantitative estimate of drug-likeness (QED) is 0.692. The third-order valence-electron chi connectivity index (χ3n) is 1.46. The van der Waals surface area contributed by atoms with E-state index in [0.29, 0.717) is 0 Å². The molecule has 4 heteroatoms. The highest BCUT2D eigenvalue weighted by atomic mass is 32.2. The second kappa shape index (κ2) is 3.33. The lowest BCUT2D eigenvalue weighted by molar-refractivity contribution is 0.416. The molecular formula is C8H7NOS2. The van der Waals surface area contributed by atoms with Gasteiger partial charge in [-0.2, -0.15) is 0 Å². The van der Waals surface area contributed by atoms with Gasteiger partial charge in [0.15, 0.2) is 5.76 Å². The molecule has 0 unspecified atom stereocenters. The summed E-state index contributed by atoms with van der Waals surface area (Å²) in [7, 11) is 0. The van der Waals surface area contributed by atoms with Gasteiger partial charge >= 0.3 is 0 Å².